The molecule has 0 aliphatic carbocycles. The smallest absolute Gasteiger partial charge is 0.119 e. The molecule has 0 saturated heterocycles. The molecule has 0 aliphatic heterocycles. The molecule has 0 saturated carbocycles. The zero-order valence-corrected chi connectivity index (χ0v) is 25.6. The van der Waals surface area contributed by atoms with Gasteiger partial charge in [-0.2, -0.15) is 0 Å². The molecule has 0 amide bonds. The maximum absolute atomic E-state index is 5.98. The Morgan fingerprint density at radius 1 is 0.472 bits per heavy atom. The number of anilines is 3. The van der Waals surface area contributed by atoms with Gasteiger partial charge in [0.15, 0.2) is 0 Å². The van der Waals surface area contributed by atoms with E-state index in [9.17, 15) is 0 Å². The lowest BCUT2D eigenvalue weighted by atomic mass is 10.2. The Balaban J connectivity index is 1.65. The van der Waals surface area contributed by atoms with Crippen molar-refractivity contribution in [1.82, 2.24) is 0 Å². The third kappa shape index (κ3) is 10.1. The molecule has 0 unspecified atom stereocenters. The minimum Gasteiger partial charge on any atom is -0.494 e. The molecule has 0 heterocycles. The fourth-order valence-corrected chi connectivity index (χ4v) is 4.96. The fourth-order valence-electron chi connectivity index (χ4n) is 3.90. The molecule has 194 valence electrons. The summed E-state index contributed by atoms with van der Waals surface area (Å²) in [7, 11) is 0. The van der Waals surface area contributed by atoms with Crippen LogP contribution in [0.2, 0.25) is 0 Å². The Morgan fingerprint density at radius 3 is 1.22 bits per heavy atom. The molecule has 6 heteroatoms. The van der Waals surface area contributed by atoms with E-state index in [0.717, 1.165) is 69.7 Å². The first-order valence-electron chi connectivity index (χ1n) is 12.8. The van der Waals surface area contributed by atoms with E-state index in [2.05, 4.69) is 125 Å². The number of hydrogen-bond donors (Lipinski definition) is 0. The van der Waals surface area contributed by atoms with Crippen molar-refractivity contribution < 1.29 is 9.47 Å². The summed E-state index contributed by atoms with van der Waals surface area (Å²) in [6.45, 7) is 1.52. The van der Waals surface area contributed by atoms with Crippen LogP contribution in [0, 0.1) is 0 Å². The number of nitrogens with zero attached hydrogens (tertiary/aromatic N) is 1. The summed E-state index contributed by atoms with van der Waals surface area (Å²) in [5, 5.41) is 2.16. The van der Waals surface area contributed by atoms with Gasteiger partial charge in [-0.05, 0) is 98.5 Å². The predicted molar refractivity (Wildman–Crippen MR) is 164 cm³/mol. The van der Waals surface area contributed by atoms with Crippen molar-refractivity contribution >= 4 is 64.9 Å². The van der Waals surface area contributed by atoms with Crippen LogP contribution in [0.5, 0.6) is 11.5 Å². The topological polar surface area (TPSA) is 21.7 Å². The van der Waals surface area contributed by atoms with E-state index >= 15 is 0 Å². The number of unbranched alkanes of at least 4 members (excludes halogenated alkanes) is 6. The van der Waals surface area contributed by atoms with E-state index in [-0.39, 0.29) is 0 Å². The van der Waals surface area contributed by atoms with Gasteiger partial charge < -0.3 is 14.4 Å². The molecule has 3 nitrogen and oxygen atoms in total. The van der Waals surface area contributed by atoms with Crippen molar-refractivity contribution in [2.24, 2.45) is 0 Å². The van der Waals surface area contributed by atoms with Crippen LogP contribution in [0.3, 0.4) is 0 Å². The second-order valence-electron chi connectivity index (χ2n) is 8.70. The molecule has 3 rings (SSSR count). The molecule has 36 heavy (non-hydrogen) atoms. The predicted octanol–water partition coefficient (Wildman–Crippen LogP) is 10.6. The minimum atomic E-state index is 0.760. The number of rotatable bonds is 17. The van der Waals surface area contributed by atoms with Gasteiger partial charge in [0.2, 0.25) is 0 Å². The zero-order valence-electron chi connectivity index (χ0n) is 20.8. The van der Waals surface area contributed by atoms with Crippen molar-refractivity contribution in [1.29, 1.82) is 0 Å². The largest absolute Gasteiger partial charge is 0.494 e. The van der Waals surface area contributed by atoms with Crippen molar-refractivity contribution in [3.05, 3.63) is 77.3 Å². The molecule has 0 aromatic heterocycles. The number of ether oxygens (including phenoxy) is 2. The normalized spacial score (nSPS) is 10.9. The Morgan fingerprint density at radius 2 is 0.833 bits per heavy atom. The van der Waals surface area contributed by atoms with E-state index in [0.29, 0.717) is 0 Å². The van der Waals surface area contributed by atoms with E-state index in [1.165, 1.54) is 38.5 Å². The van der Waals surface area contributed by atoms with Crippen molar-refractivity contribution in [2.45, 2.75) is 51.4 Å². The van der Waals surface area contributed by atoms with Crippen LogP contribution in [-0.2, 0) is 0 Å². The second-order valence-corrected chi connectivity index (χ2v) is 11.2. The molecule has 0 N–H and O–H groups in total. The lowest BCUT2D eigenvalue weighted by Gasteiger charge is -2.26. The molecule has 0 radical (unpaired) electrons. The third-order valence-corrected chi connectivity index (χ3v) is 7.52. The Labute approximate surface area is 242 Å². The highest BCUT2D eigenvalue weighted by Gasteiger charge is 2.13. The summed E-state index contributed by atoms with van der Waals surface area (Å²) < 4.78 is 13.0. The quantitative estimate of drug-likeness (QED) is 0.105. The Hall–Kier alpha value is -1.50. The lowest BCUT2D eigenvalue weighted by Crippen LogP contribution is -2.10. The van der Waals surface area contributed by atoms with Crippen LogP contribution < -0.4 is 14.4 Å². The van der Waals surface area contributed by atoms with Crippen LogP contribution in [-0.4, -0.2) is 23.9 Å². The molecule has 0 atom stereocenters. The zero-order chi connectivity index (χ0) is 25.4. The van der Waals surface area contributed by atoms with Gasteiger partial charge >= 0.3 is 0 Å². The first-order chi connectivity index (χ1) is 17.7. The van der Waals surface area contributed by atoms with Gasteiger partial charge in [-0.3, -0.25) is 0 Å². The van der Waals surface area contributed by atoms with Gasteiger partial charge in [-0.1, -0.05) is 73.5 Å². The lowest BCUT2D eigenvalue weighted by molar-refractivity contribution is 0.305. The molecule has 0 aliphatic rings. The fraction of sp³-hybridized carbons (Fsp3) is 0.400. The van der Waals surface area contributed by atoms with Gasteiger partial charge in [0, 0.05) is 32.2 Å². The number of halogens is 3. The van der Waals surface area contributed by atoms with Crippen LogP contribution in [0.15, 0.2) is 77.3 Å². The van der Waals surface area contributed by atoms with Gasteiger partial charge in [0.1, 0.15) is 11.5 Å². The number of alkyl halides is 2. The van der Waals surface area contributed by atoms with Crippen molar-refractivity contribution in [2.75, 3.05) is 28.8 Å². The SMILES string of the molecule is BrCCCCCCOc1ccc(N(c2ccc(Br)cc2)c2ccc(OCCCCCCBr)cc2)cc1. The maximum atomic E-state index is 5.98. The summed E-state index contributed by atoms with van der Waals surface area (Å²) in [6, 6.07) is 25.1. The summed E-state index contributed by atoms with van der Waals surface area (Å²) in [4.78, 5) is 2.25. The van der Waals surface area contributed by atoms with Crippen LogP contribution in [0.25, 0.3) is 0 Å². The number of benzene rings is 3. The molecular weight excluding hydrogens is 646 g/mol. The first-order valence-corrected chi connectivity index (χ1v) is 15.9. The van der Waals surface area contributed by atoms with Crippen LogP contribution >= 0.6 is 47.8 Å². The average molecular weight is 682 g/mol. The Kier molecular flexibility index (Phi) is 13.8. The van der Waals surface area contributed by atoms with Crippen LogP contribution in [0.4, 0.5) is 17.1 Å². The van der Waals surface area contributed by atoms with E-state index in [4.69, 9.17) is 9.47 Å². The summed E-state index contributed by atoms with van der Waals surface area (Å²) in [5.74, 6) is 1.82. The van der Waals surface area contributed by atoms with E-state index in [1.807, 2.05) is 0 Å². The highest BCUT2D eigenvalue weighted by atomic mass is 79.9. The van der Waals surface area contributed by atoms with Gasteiger partial charge in [-0.25, -0.2) is 0 Å². The van der Waals surface area contributed by atoms with E-state index in [1.54, 1.807) is 0 Å². The molecular formula is C30H36Br3NO2. The van der Waals surface area contributed by atoms with Crippen molar-refractivity contribution in [3.8, 4) is 11.5 Å². The molecule has 0 fully saturated rings. The molecule has 0 bridgehead atoms. The summed E-state index contributed by atoms with van der Waals surface area (Å²) >= 11 is 10.5. The third-order valence-electron chi connectivity index (χ3n) is 5.87. The Bertz CT molecular complexity index is 919. The molecule has 3 aromatic carbocycles. The van der Waals surface area contributed by atoms with Crippen molar-refractivity contribution in [3.63, 3.8) is 0 Å². The summed E-state index contributed by atoms with van der Waals surface area (Å²) in [5.41, 5.74) is 3.27. The standard InChI is InChI=1S/C30H36Br3NO2/c31-21-5-1-3-7-23-35-29-17-13-27(14-18-29)34(26-11-9-25(33)10-12-26)28-15-19-30(20-16-28)36-24-8-4-2-6-22-32/h9-20H,1-8,21-24H2. The van der Waals surface area contributed by atoms with E-state index < -0.39 is 0 Å². The van der Waals surface area contributed by atoms with Gasteiger partial charge in [0.25, 0.3) is 0 Å². The average Bonchev–Trinajstić information content (AvgIpc) is 2.91. The van der Waals surface area contributed by atoms with Gasteiger partial charge in [0.05, 0.1) is 13.2 Å². The van der Waals surface area contributed by atoms with Crippen LogP contribution in [0.1, 0.15) is 51.4 Å². The summed E-state index contributed by atoms with van der Waals surface area (Å²) in [6.07, 6.45) is 9.54. The molecule has 3 aromatic rings. The highest BCUT2D eigenvalue weighted by Crippen LogP contribution is 2.36. The first kappa shape index (κ1) is 29.1. The monoisotopic (exact) mass is 679 g/mol. The second kappa shape index (κ2) is 17.1. The minimum absolute atomic E-state index is 0.760. The molecule has 0 spiro atoms. The number of hydrogen-bond acceptors (Lipinski definition) is 3. The maximum Gasteiger partial charge on any atom is 0.119 e. The highest BCUT2D eigenvalue weighted by molar-refractivity contribution is 9.10. The van der Waals surface area contributed by atoms with Gasteiger partial charge in [-0.15, -0.1) is 0 Å².